The van der Waals surface area contributed by atoms with Crippen molar-refractivity contribution >= 4 is 16.6 Å². The van der Waals surface area contributed by atoms with Gasteiger partial charge in [0.05, 0.1) is 10.9 Å². The summed E-state index contributed by atoms with van der Waals surface area (Å²) in [6.07, 6.45) is 0. The largest absolute Gasteiger partial charge is 0.378 e. The Morgan fingerprint density at radius 3 is 2.69 bits per heavy atom. The van der Waals surface area contributed by atoms with Crippen molar-refractivity contribution in [3.63, 3.8) is 0 Å². The molecule has 0 saturated heterocycles. The first kappa shape index (κ1) is 7.91. The number of aromatic amines is 2. The number of benzene rings is 1. The van der Waals surface area contributed by atoms with E-state index in [1.54, 1.807) is 0 Å². The molecule has 0 radical (unpaired) electrons. The monoisotopic (exact) mass is 177 g/mol. The van der Waals surface area contributed by atoms with Gasteiger partial charge in [-0.25, -0.2) is 0 Å². The molecule has 0 spiro atoms. The van der Waals surface area contributed by atoms with Crippen LogP contribution in [0.1, 0.15) is 0 Å². The fraction of sp³-hybridized carbons (Fsp3) is 0.222. The van der Waals surface area contributed by atoms with E-state index in [2.05, 4.69) is 10.2 Å². The molecule has 1 aromatic heterocycles. The lowest BCUT2D eigenvalue weighted by molar-refractivity contribution is 1.08. The molecule has 0 aliphatic rings. The van der Waals surface area contributed by atoms with Gasteiger partial charge < -0.3 is 4.90 Å². The van der Waals surface area contributed by atoms with Crippen LogP contribution in [0.15, 0.2) is 23.0 Å². The molecule has 2 N–H and O–H groups in total. The van der Waals surface area contributed by atoms with E-state index in [1.807, 2.05) is 37.2 Å². The topological polar surface area (TPSA) is 51.9 Å². The zero-order valence-electron chi connectivity index (χ0n) is 7.59. The summed E-state index contributed by atoms with van der Waals surface area (Å²) in [5.41, 5.74) is 1.85. The molecule has 0 unspecified atom stereocenters. The van der Waals surface area contributed by atoms with Crippen molar-refractivity contribution in [2.75, 3.05) is 19.0 Å². The number of nitrogens with one attached hydrogen (secondary N) is 2. The number of fused-ring (bicyclic) bond motifs is 1. The summed E-state index contributed by atoms with van der Waals surface area (Å²) in [7, 11) is 3.93. The van der Waals surface area contributed by atoms with Crippen LogP contribution >= 0.6 is 0 Å². The van der Waals surface area contributed by atoms with Gasteiger partial charge >= 0.3 is 0 Å². The third-order valence-electron chi connectivity index (χ3n) is 2.07. The highest BCUT2D eigenvalue weighted by atomic mass is 16.1. The molecule has 1 aromatic carbocycles. The molecule has 0 amide bonds. The SMILES string of the molecule is CN(C)c1ccc2c(=O)[nH][nH]c2c1. The van der Waals surface area contributed by atoms with Gasteiger partial charge in [-0.2, -0.15) is 0 Å². The average molecular weight is 177 g/mol. The van der Waals surface area contributed by atoms with Crippen LogP contribution in [0.5, 0.6) is 0 Å². The molecular formula is C9H11N3O. The zero-order chi connectivity index (χ0) is 9.42. The van der Waals surface area contributed by atoms with Crippen LogP contribution in [0.4, 0.5) is 5.69 Å². The molecular weight excluding hydrogens is 166 g/mol. The standard InChI is InChI=1S/C9H11N3O/c1-12(2)6-3-4-7-8(5-6)10-11-9(7)13/h3-5H,1-2H3,(H2,10,11,13). The Morgan fingerprint density at radius 1 is 1.23 bits per heavy atom. The Bertz CT molecular complexity index is 481. The smallest absolute Gasteiger partial charge is 0.271 e. The molecule has 1 heterocycles. The number of anilines is 1. The van der Waals surface area contributed by atoms with E-state index < -0.39 is 0 Å². The van der Waals surface area contributed by atoms with E-state index >= 15 is 0 Å². The van der Waals surface area contributed by atoms with Crippen molar-refractivity contribution in [2.24, 2.45) is 0 Å². The Hall–Kier alpha value is -1.71. The van der Waals surface area contributed by atoms with Gasteiger partial charge in [0, 0.05) is 19.8 Å². The summed E-state index contributed by atoms with van der Waals surface area (Å²) in [5, 5.41) is 6.06. The molecule has 0 atom stereocenters. The van der Waals surface area contributed by atoms with E-state index in [0.29, 0.717) is 5.39 Å². The maximum absolute atomic E-state index is 11.2. The molecule has 0 fully saturated rings. The van der Waals surface area contributed by atoms with Gasteiger partial charge in [-0.3, -0.25) is 15.0 Å². The van der Waals surface area contributed by atoms with E-state index in [4.69, 9.17) is 0 Å². The van der Waals surface area contributed by atoms with Crippen molar-refractivity contribution in [3.05, 3.63) is 28.6 Å². The first-order chi connectivity index (χ1) is 6.18. The fourth-order valence-electron chi connectivity index (χ4n) is 1.30. The number of rotatable bonds is 1. The van der Waals surface area contributed by atoms with Gasteiger partial charge in [0.2, 0.25) is 0 Å². The predicted octanol–water partition coefficient (Wildman–Crippen LogP) is 0.922. The van der Waals surface area contributed by atoms with Crippen molar-refractivity contribution < 1.29 is 0 Å². The summed E-state index contributed by atoms with van der Waals surface area (Å²) in [4.78, 5) is 13.2. The second kappa shape index (κ2) is 2.65. The Balaban J connectivity index is 2.70. The third kappa shape index (κ3) is 1.20. The second-order valence-electron chi connectivity index (χ2n) is 3.20. The van der Waals surface area contributed by atoms with Crippen LogP contribution in [-0.4, -0.2) is 24.3 Å². The van der Waals surface area contributed by atoms with Gasteiger partial charge in [-0.1, -0.05) is 0 Å². The predicted molar refractivity (Wildman–Crippen MR) is 53.2 cm³/mol. The average Bonchev–Trinajstić information content (AvgIpc) is 2.47. The number of hydrogen-bond acceptors (Lipinski definition) is 2. The summed E-state index contributed by atoms with van der Waals surface area (Å²) in [6, 6.07) is 5.68. The lowest BCUT2D eigenvalue weighted by atomic mass is 10.2. The number of hydrogen-bond donors (Lipinski definition) is 2. The van der Waals surface area contributed by atoms with Crippen LogP contribution in [0.2, 0.25) is 0 Å². The molecule has 0 aliphatic heterocycles. The zero-order valence-corrected chi connectivity index (χ0v) is 7.59. The molecule has 0 aliphatic carbocycles. The van der Waals surface area contributed by atoms with E-state index in [0.717, 1.165) is 11.2 Å². The minimum absolute atomic E-state index is 0.0692. The van der Waals surface area contributed by atoms with Crippen molar-refractivity contribution in [3.8, 4) is 0 Å². The Morgan fingerprint density at radius 2 is 2.00 bits per heavy atom. The summed E-state index contributed by atoms with van der Waals surface area (Å²) >= 11 is 0. The van der Waals surface area contributed by atoms with Crippen molar-refractivity contribution in [2.45, 2.75) is 0 Å². The van der Waals surface area contributed by atoms with E-state index in [-0.39, 0.29) is 5.56 Å². The molecule has 2 aromatic rings. The minimum atomic E-state index is -0.0692. The maximum atomic E-state index is 11.2. The minimum Gasteiger partial charge on any atom is -0.378 e. The van der Waals surface area contributed by atoms with Gasteiger partial charge in [-0.05, 0) is 18.2 Å². The molecule has 13 heavy (non-hydrogen) atoms. The van der Waals surface area contributed by atoms with Gasteiger partial charge in [0.1, 0.15) is 0 Å². The van der Waals surface area contributed by atoms with Crippen LogP contribution in [0.25, 0.3) is 10.9 Å². The van der Waals surface area contributed by atoms with Crippen molar-refractivity contribution in [1.82, 2.24) is 10.2 Å². The summed E-state index contributed by atoms with van der Waals surface area (Å²) in [6.45, 7) is 0. The van der Waals surface area contributed by atoms with E-state index in [9.17, 15) is 4.79 Å². The highest BCUT2D eigenvalue weighted by Gasteiger charge is 2.01. The second-order valence-corrected chi connectivity index (χ2v) is 3.20. The fourth-order valence-corrected chi connectivity index (χ4v) is 1.30. The van der Waals surface area contributed by atoms with Crippen LogP contribution in [-0.2, 0) is 0 Å². The highest BCUT2D eigenvalue weighted by molar-refractivity contribution is 5.81. The van der Waals surface area contributed by atoms with Crippen LogP contribution < -0.4 is 10.5 Å². The Kier molecular flexibility index (Phi) is 1.62. The molecule has 4 heteroatoms. The first-order valence-corrected chi connectivity index (χ1v) is 4.06. The third-order valence-corrected chi connectivity index (χ3v) is 2.07. The van der Waals surface area contributed by atoms with Crippen molar-refractivity contribution in [1.29, 1.82) is 0 Å². The number of nitrogens with zero attached hydrogens (tertiary/aromatic N) is 1. The summed E-state index contributed by atoms with van der Waals surface area (Å²) < 4.78 is 0. The lowest BCUT2D eigenvalue weighted by Crippen LogP contribution is -2.08. The van der Waals surface area contributed by atoms with Gasteiger partial charge in [-0.15, -0.1) is 0 Å². The molecule has 0 bridgehead atoms. The molecule has 68 valence electrons. The number of H-pyrrole nitrogens is 2. The Labute approximate surface area is 75.2 Å². The molecule has 4 nitrogen and oxygen atoms in total. The van der Waals surface area contributed by atoms with Gasteiger partial charge in [0.25, 0.3) is 5.56 Å². The van der Waals surface area contributed by atoms with Crippen LogP contribution in [0, 0.1) is 0 Å². The quantitative estimate of drug-likeness (QED) is 0.680. The summed E-state index contributed by atoms with van der Waals surface area (Å²) in [5.74, 6) is 0. The van der Waals surface area contributed by atoms with Gasteiger partial charge in [0.15, 0.2) is 0 Å². The maximum Gasteiger partial charge on any atom is 0.271 e. The highest BCUT2D eigenvalue weighted by Crippen LogP contribution is 2.15. The van der Waals surface area contributed by atoms with E-state index in [1.165, 1.54) is 0 Å². The molecule has 0 saturated carbocycles. The number of aromatic nitrogens is 2. The molecule has 2 rings (SSSR count). The lowest BCUT2D eigenvalue weighted by Gasteiger charge is -2.11. The van der Waals surface area contributed by atoms with Crippen LogP contribution in [0.3, 0.4) is 0 Å². The normalized spacial score (nSPS) is 10.6. The first-order valence-electron chi connectivity index (χ1n) is 4.06.